The number of carbonyl (C=O) groups excluding carboxylic acids is 1. The van der Waals surface area contributed by atoms with Crippen LogP contribution in [0, 0.1) is 5.92 Å². The Kier molecular flexibility index (Phi) is 4.00. The Hall–Kier alpha value is -1.43. The van der Waals surface area contributed by atoms with Crippen molar-refractivity contribution < 1.29 is 9.53 Å². The van der Waals surface area contributed by atoms with E-state index in [1.165, 1.54) is 0 Å². The second-order valence-corrected chi connectivity index (χ2v) is 5.83. The smallest absolute Gasteiger partial charge is 0.251 e. The zero-order valence-corrected chi connectivity index (χ0v) is 12.0. The highest BCUT2D eigenvalue weighted by atomic mass is 16.5. The summed E-state index contributed by atoms with van der Waals surface area (Å²) in [5.74, 6) is 1.83. The summed E-state index contributed by atoms with van der Waals surface area (Å²) in [6.07, 6.45) is 6.52. The second-order valence-electron chi connectivity index (χ2n) is 5.83. The Balaban J connectivity index is 1.49. The number of aryl methyl sites for hydroxylation is 1. The van der Waals surface area contributed by atoms with Crippen molar-refractivity contribution in [2.24, 2.45) is 13.0 Å². The van der Waals surface area contributed by atoms with Crippen molar-refractivity contribution in [3.63, 3.8) is 0 Å². The van der Waals surface area contributed by atoms with E-state index in [-0.39, 0.29) is 12.0 Å². The van der Waals surface area contributed by atoms with Gasteiger partial charge in [0.05, 0.1) is 0 Å². The summed E-state index contributed by atoms with van der Waals surface area (Å²) >= 11 is 0. The molecule has 110 valence electrons. The number of piperidine rings is 1. The summed E-state index contributed by atoms with van der Waals surface area (Å²) in [6.45, 7) is 2.43. The normalized spacial score (nSPS) is 24.2. The van der Waals surface area contributed by atoms with Gasteiger partial charge in [-0.05, 0) is 31.6 Å². The van der Waals surface area contributed by atoms with E-state index in [1.54, 1.807) is 6.33 Å². The van der Waals surface area contributed by atoms with E-state index in [0.29, 0.717) is 5.92 Å². The number of rotatable bonds is 3. The molecule has 0 aliphatic carbocycles. The van der Waals surface area contributed by atoms with Crippen molar-refractivity contribution in [3.05, 3.63) is 12.2 Å². The third-order valence-electron chi connectivity index (χ3n) is 4.41. The summed E-state index contributed by atoms with van der Waals surface area (Å²) in [4.78, 5) is 14.2. The molecule has 1 aromatic heterocycles. The molecule has 0 unspecified atom stereocenters. The molecule has 6 nitrogen and oxygen atoms in total. The van der Waals surface area contributed by atoms with E-state index in [2.05, 4.69) is 10.2 Å². The van der Waals surface area contributed by atoms with Crippen LogP contribution in [-0.2, 0) is 23.0 Å². The van der Waals surface area contributed by atoms with Gasteiger partial charge in [-0.3, -0.25) is 4.79 Å². The third-order valence-corrected chi connectivity index (χ3v) is 4.41. The van der Waals surface area contributed by atoms with Gasteiger partial charge in [0.25, 0.3) is 5.91 Å². The number of hydrogen-bond donors (Lipinski definition) is 0. The van der Waals surface area contributed by atoms with E-state index in [1.807, 2.05) is 16.5 Å². The molecule has 2 saturated heterocycles. The number of nitrogens with zero attached hydrogens (tertiary/aromatic N) is 4. The predicted octanol–water partition coefficient (Wildman–Crippen LogP) is 0.775. The van der Waals surface area contributed by atoms with Crippen molar-refractivity contribution in [1.82, 2.24) is 19.7 Å². The van der Waals surface area contributed by atoms with E-state index >= 15 is 0 Å². The Morgan fingerprint density at radius 2 is 2.20 bits per heavy atom. The van der Waals surface area contributed by atoms with Crippen molar-refractivity contribution >= 4 is 5.91 Å². The fourth-order valence-electron chi connectivity index (χ4n) is 3.08. The number of aromatic nitrogens is 3. The molecule has 0 bridgehead atoms. The highest BCUT2D eigenvalue weighted by Crippen LogP contribution is 2.23. The highest BCUT2D eigenvalue weighted by Gasteiger charge is 2.31. The van der Waals surface area contributed by atoms with Crippen molar-refractivity contribution in [1.29, 1.82) is 0 Å². The lowest BCUT2D eigenvalue weighted by Crippen LogP contribution is -2.44. The molecule has 20 heavy (non-hydrogen) atoms. The second kappa shape index (κ2) is 5.91. The van der Waals surface area contributed by atoms with E-state index in [4.69, 9.17) is 4.74 Å². The molecule has 2 aliphatic heterocycles. The number of ether oxygens (including phenoxy) is 1. The van der Waals surface area contributed by atoms with Crippen molar-refractivity contribution in [3.8, 4) is 0 Å². The Labute approximate surface area is 119 Å². The van der Waals surface area contributed by atoms with E-state index < -0.39 is 0 Å². The molecular weight excluding hydrogens is 256 g/mol. The molecule has 3 heterocycles. The number of hydrogen-bond acceptors (Lipinski definition) is 4. The standard InChI is InChI=1S/C14H22N4O2/c1-17-10-15-16-13(17)9-11-4-6-18(7-5-11)14(19)12-3-2-8-20-12/h10-12H,2-9H2,1H3/t12-/m1/s1. The number of carbonyl (C=O) groups is 1. The fraction of sp³-hybridized carbons (Fsp3) is 0.786. The first-order chi connectivity index (χ1) is 9.74. The highest BCUT2D eigenvalue weighted by molar-refractivity contribution is 5.81. The average molecular weight is 278 g/mol. The molecule has 0 radical (unpaired) electrons. The van der Waals surface area contributed by atoms with Crippen LogP contribution in [-0.4, -0.2) is 51.4 Å². The van der Waals surface area contributed by atoms with Crippen LogP contribution >= 0.6 is 0 Å². The summed E-state index contributed by atoms with van der Waals surface area (Å²) in [5, 5.41) is 8.05. The maximum absolute atomic E-state index is 12.3. The molecule has 0 spiro atoms. The summed E-state index contributed by atoms with van der Waals surface area (Å²) in [5.41, 5.74) is 0. The van der Waals surface area contributed by atoms with Gasteiger partial charge < -0.3 is 14.2 Å². The molecule has 2 fully saturated rings. The Morgan fingerprint density at radius 3 is 2.80 bits per heavy atom. The minimum Gasteiger partial charge on any atom is -0.368 e. The lowest BCUT2D eigenvalue weighted by Gasteiger charge is -2.33. The van der Waals surface area contributed by atoms with Gasteiger partial charge in [0.1, 0.15) is 18.3 Å². The monoisotopic (exact) mass is 278 g/mol. The van der Waals surface area contributed by atoms with Gasteiger partial charge in [0.15, 0.2) is 0 Å². The molecule has 1 aromatic rings. The quantitative estimate of drug-likeness (QED) is 0.819. The Bertz CT molecular complexity index is 459. The molecule has 1 amide bonds. The van der Waals surface area contributed by atoms with Gasteiger partial charge in [0.2, 0.25) is 0 Å². The first-order valence-corrected chi connectivity index (χ1v) is 7.47. The molecule has 3 rings (SSSR count). The van der Waals surface area contributed by atoms with Crippen LogP contribution in [0.25, 0.3) is 0 Å². The first-order valence-electron chi connectivity index (χ1n) is 7.47. The zero-order chi connectivity index (χ0) is 13.9. The minimum atomic E-state index is -0.176. The van der Waals surface area contributed by atoms with Gasteiger partial charge in [-0.25, -0.2) is 0 Å². The molecule has 1 atom stereocenters. The molecular formula is C14H22N4O2. The molecule has 0 saturated carbocycles. The number of amides is 1. The maximum Gasteiger partial charge on any atom is 0.251 e. The first kappa shape index (κ1) is 13.5. The molecule has 2 aliphatic rings. The molecule has 0 N–H and O–H groups in total. The van der Waals surface area contributed by atoms with Crippen LogP contribution in [0.2, 0.25) is 0 Å². The molecule has 6 heteroatoms. The third kappa shape index (κ3) is 2.85. The Morgan fingerprint density at radius 1 is 1.40 bits per heavy atom. The maximum atomic E-state index is 12.3. The predicted molar refractivity (Wildman–Crippen MR) is 73.0 cm³/mol. The van der Waals surface area contributed by atoms with Crippen molar-refractivity contribution in [2.45, 2.75) is 38.2 Å². The largest absolute Gasteiger partial charge is 0.368 e. The van der Waals surface area contributed by atoms with E-state index in [0.717, 1.165) is 57.6 Å². The SMILES string of the molecule is Cn1cnnc1CC1CCN(C(=O)[C@H]2CCCO2)CC1. The lowest BCUT2D eigenvalue weighted by atomic mass is 9.93. The van der Waals surface area contributed by atoms with Crippen LogP contribution < -0.4 is 0 Å². The van der Waals surface area contributed by atoms with Gasteiger partial charge in [-0.1, -0.05) is 0 Å². The van der Waals surface area contributed by atoms with Crippen molar-refractivity contribution in [2.75, 3.05) is 19.7 Å². The minimum absolute atomic E-state index is 0.176. The topological polar surface area (TPSA) is 60.2 Å². The summed E-state index contributed by atoms with van der Waals surface area (Å²) < 4.78 is 7.46. The van der Waals surface area contributed by atoms with Gasteiger partial charge in [-0.2, -0.15) is 0 Å². The fourth-order valence-corrected chi connectivity index (χ4v) is 3.08. The van der Waals surface area contributed by atoms with Gasteiger partial charge in [-0.15, -0.1) is 10.2 Å². The van der Waals surface area contributed by atoms with Gasteiger partial charge in [0, 0.05) is 33.2 Å². The van der Waals surface area contributed by atoms with Crippen LogP contribution in [0.15, 0.2) is 6.33 Å². The van der Waals surface area contributed by atoms with Crippen LogP contribution in [0.3, 0.4) is 0 Å². The lowest BCUT2D eigenvalue weighted by molar-refractivity contribution is -0.142. The van der Waals surface area contributed by atoms with Gasteiger partial charge >= 0.3 is 0 Å². The van der Waals surface area contributed by atoms with Crippen LogP contribution in [0.1, 0.15) is 31.5 Å². The van der Waals surface area contributed by atoms with Crippen LogP contribution in [0.5, 0.6) is 0 Å². The van der Waals surface area contributed by atoms with Crippen LogP contribution in [0.4, 0.5) is 0 Å². The average Bonchev–Trinajstić information content (AvgIpc) is 3.12. The van der Waals surface area contributed by atoms with E-state index in [9.17, 15) is 4.79 Å². The zero-order valence-electron chi connectivity index (χ0n) is 12.0. The summed E-state index contributed by atoms with van der Waals surface area (Å²) in [6, 6.07) is 0. The number of likely N-dealkylation sites (tertiary alicyclic amines) is 1. The summed E-state index contributed by atoms with van der Waals surface area (Å²) in [7, 11) is 1.98. The molecule has 0 aromatic carbocycles.